The Morgan fingerprint density at radius 2 is 1.77 bits per heavy atom. The zero-order chi connectivity index (χ0) is 18.3. The Morgan fingerprint density at radius 3 is 2.42 bits per heavy atom. The molecule has 0 saturated carbocycles. The number of nitrogens with one attached hydrogen (secondary N) is 3. The summed E-state index contributed by atoms with van der Waals surface area (Å²) in [6.07, 6.45) is -0.197. The van der Waals surface area contributed by atoms with Crippen molar-refractivity contribution in [3.63, 3.8) is 0 Å². The molecule has 3 aliphatic heterocycles. The molecule has 1 unspecified atom stereocenters. The van der Waals surface area contributed by atoms with Gasteiger partial charge in [-0.15, -0.1) is 0 Å². The highest BCUT2D eigenvalue weighted by molar-refractivity contribution is 6.02. The second kappa shape index (κ2) is 6.90. The van der Waals surface area contributed by atoms with Crippen LogP contribution in [0.25, 0.3) is 5.70 Å². The lowest BCUT2D eigenvalue weighted by Gasteiger charge is -2.35. The maximum absolute atomic E-state index is 12.9. The maximum Gasteiger partial charge on any atom is 0.269 e. The van der Waals surface area contributed by atoms with E-state index in [-0.39, 0.29) is 18.1 Å². The van der Waals surface area contributed by atoms with Gasteiger partial charge in [-0.1, -0.05) is 26.0 Å². The van der Waals surface area contributed by atoms with E-state index in [1.807, 2.05) is 0 Å². The molecule has 3 N–H and O–H groups in total. The third-order valence-corrected chi connectivity index (χ3v) is 5.40. The number of carbonyl (C=O) groups excluding carboxylic acids is 1. The summed E-state index contributed by atoms with van der Waals surface area (Å²) < 4.78 is 0. The number of amides is 1. The van der Waals surface area contributed by atoms with Gasteiger partial charge in [-0.25, -0.2) is 10.4 Å². The van der Waals surface area contributed by atoms with E-state index in [1.165, 1.54) is 5.69 Å². The van der Waals surface area contributed by atoms with Crippen LogP contribution in [0.1, 0.15) is 19.4 Å². The van der Waals surface area contributed by atoms with Gasteiger partial charge in [0, 0.05) is 37.4 Å². The largest absolute Gasteiger partial charge is 0.369 e. The Bertz CT molecular complexity index is 705. The summed E-state index contributed by atoms with van der Waals surface area (Å²) in [6, 6.07) is 8.60. The van der Waals surface area contributed by atoms with Gasteiger partial charge in [-0.3, -0.25) is 10.1 Å². The molecule has 7 heteroatoms. The molecule has 3 aliphatic rings. The number of likely N-dealkylation sites (N-methyl/N-ethyl adjacent to an activating group) is 1. The molecular weight excluding hydrogens is 328 g/mol. The number of hydrazine groups is 1. The van der Waals surface area contributed by atoms with Crippen LogP contribution in [0.3, 0.4) is 0 Å². The van der Waals surface area contributed by atoms with Crippen LogP contribution in [0.15, 0.2) is 29.8 Å². The van der Waals surface area contributed by atoms with Gasteiger partial charge >= 0.3 is 0 Å². The average molecular weight is 356 g/mol. The molecule has 1 atom stereocenters. The van der Waals surface area contributed by atoms with E-state index >= 15 is 0 Å². The summed E-state index contributed by atoms with van der Waals surface area (Å²) in [5.74, 6) is 0.192. The number of benzene rings is 1. The van der Waals surface area contributed by atoms with Gasteiger partial charge in [0.05, 0.1) is 12.4 Å². The number of hydrogen-bond donors (Lipinski definition) is 3. The zero-order valence-corrected chi connectivity index (χ0v) is 15.7. The van der Waals surface area contributed by atoms with Crippen LogP contribution in [0.4, 0.5) is 5.69 Å². The number of rotatable bonds is 3. The first kappa shape index (κ1) is 17.3. The van der Waals surface area contributed by atoms with E-state index in [4.69, 9.17) is 0 Å². The van der Waals surface area contributed by atoms with Crippen LogP contribution in [0, 0.1) is 5.92 Å². The van der Waals surface area contributed by atoms with Gasteiger partial charge in [-0.2, -0.15) is 0 Å². The van der Waals surface area contributed by atoms with Gasteiger partial charge in [0.15, 0.2) is 6.29 Å². The van der Waals surface area contributed by atoms with Crippen molar-refractivity contribution < 1.29 is 4.79 Å². The third-order valence-electron chi connectivity index (χ3n) is 5.40. The summed E-state index contributed by atoms with van der Waals surface area (Å²) in [5.41, 5.74) is 7.16. The zero-order valence-electron chi connectivity index (χ0n) is 15.7. The SMILES string of the molecule is CC(C)C1=C(c2ccc(N3CCN(C)CC3)cc2)NC2NCNN2C1=O. The molecule has 140 valence electrons. The average Bonchev–Trinajstić information content (AvgIpc) is 3.11. The number of piperazine rings is 1. The predicted molar refractivity (Wildman–Crippen MR) is 103 cm³/mol. The fraction of sp³-hybridized carbons (Fsp3) is 0.526. The van der Waals surface area contributed by atoms with E-state index in [0.717, 1.165) is 43.0 Å². The quantitative estimate of drug-likeness (QED) is 0.737. The molecule has 0 spiro atoms. The topological polar surface area (TPSA) is 62.9 Å². The highest BCUT2D eigenvalue weighted by atomic mass is 16.2. The first-order chi connectivity index (χ1) is 12.5. The van der Waals surface area contributed by atoms with Crippen LogP contribution in [0.5, 0.6) is 0 Å². The lowest BCUT2D eigenvalue weighted by molar-refractivity contribution is -0.132. The van der Waals surface area contributed by atoms with E-state index in [9.17, 15) is 4.79 Å². The summed E-state index contributed by atoms with van der Waals surface area (Å²) in [6.45, 7) is 9.02. The first-order valence-electron chi connectivity index (χ1n) is 9.39. The number of anilines is 1. The molecule has 0 aliphatic carbocycles. The van der Waals surface area contributed by atoms with Crippen LogP contribution >= 0.6 is 0 Å². The molecular formula is C19H28N6O. The standard InChI is InChI=1S/C19H28N6O/c1-13(2)16-17(22-19-20-12-21-25(19)18(16)26)14-4-6-15(7-5-14)24-10-8-23(3)9-11-24/h4-7,13,19-22H,8-12H2,1-3H3. The monoisotopic (exact) mass is 356 g/mol. The number of carbonyl (C=O) groups is 1. The van der Waals surface area contributed by atoms with Crippen molar-refractivity contribution in [2.75, 3.05) is 44.8 Å². The van der Waals surface area contributed by atoms with Gasteiger partial charge < -0.3 is 15.1 Å². The Morgan fingerprint density at radius 1 is 1.08 bits per heavy atom. The van der Waals surface area contributed by atoms with Crippen LogP contribution < -0.4 is 21.0 Å². The molecule has 7 nitrogen and oxygen atoms in total. The van der Waals surface area contributed by atoms with Crippen molar-refractivity contribution >= 4 is 17.3 Å². The molecule has 1 aromatic rings. The van der Waals surface area contributed by atoms with Crippen molar-refractivity contribution in [1.82, 2.24) is 26.0 Å². The van der Waals surface area contributed by atoms with Gasteiger partial charge in [0.1, 0.15) is 0 Å². The van der Waals surface area contributed by atoms with Crippen LogP contribution in [-0.2, 0) is 4.79 Å². The Hall–Kier alpha value is -2.09. The van der Waals surface area contributed by atoms with Gasteiger partial charge in [-0.05, 0) is 30.7 Å². The molecule has 4 rings (SSSR count). The molecule has 3 heterocycles. The summed E-state index contributed by atoms with van der Waals surface area (Å²) in [4.78, 5) is 17.7. The molecule has 2 saturated heterocycles. The maximum atomic E-state index is 12.9. The number of nitrogens with zero attached hydrogens (tertiary/aromatic N) is 3. The van der Waals surface area contributed by atoms with Crippen molar-refractivity contribution in [2.24, 2.45) is 5.92 Å². The van der Waals surface area contributed by atoms with E-state index in [2.05, 4.69) is 71.0 Å². The van der Waals surface area contributed by atoms with Crippen molar-refractivity contribution in [3.05, 3.63) is 35.4 Å². The van der Waals surface area contributed by atoms with Gasteiger partial charge in [0.2, 0.25) is 0 Å². The van der Waals surface area contributed by atoms with Gasteiger partial charge in [0.25, 0.3) is 5.91 Å². The lowest BCUT2D eigenvalue weighted by Crippen LogP contribution is -2.56. The smallest absolute Gasteiger partial charge is 0.269 e. The minimum Gasteiger partial charge on any atom is -0.369 e. The lowest BCUT2D eigenvalue weighted by atomic mass is 9.94. The fourth-order valence-corrected chi connectivity index (χ4v) is 3.84. The molecule has 26 heavy (non-hydrogen) atoms. The normalized spacial score (nSPS) is 24.3. The van der Waals surface area contributed by atoms with E-state index < -0.39 is 0 Å². The molecule has 0 radical (unpaired) electrons. The van der Waals surface area contributed by atoms with E-state index in [1.54, 1.807) is 5.01 Å². The van der Waals surface area contributed by atoms with Crippen molar-refractivity contribution in [2.45, 2.75) is 20.1 Å². The Kier molecular flexibility index (Phi) is 4.60. The minimum atomic E-state index is -0.197. The third kappa shape index (κ3) is 3.06. The molecule has 0 bridgehead atoms. The molecule has 1 aromatic carbocycles. The molecule has 0 aromatic heterocycles. The first-order valence-corrected chi connectivity index (χ1v) is 9.39. The molecule has 1 amide bonds. The van der Waals surface area contributed by atoms with E-state index in [0.29, 0.717) is 6.67 Å². The van der Waals surface area contributed by atoms with Crippen molar-refractivity contribution in [3.8, 4) is 0 Å². The minimum absolute atomic E-state index is 0.0481. The summed E-state index contributed by atoms with van der Waals surface area (Å²) in [7, 11) is 2.17. The Balaban J connectivity index is 1.61. The second-order valence-corrected chi connectivity index (χ2v) is 7.54. The van der Waals surface area contributed by atoms with Crippen LogP contribution in [0.2, 0.25) is 0 Å². The number of hydrogen-bond acceptors (Lipinski definition) is 6. The summed E-state index contributed by atoms with van der Waals surface area (Å²) >= 11 is 0. The number of fused-ring (bicyclic) bond motifs is 1. The fourth-order valence-electron chi connectivity index (χ4n) is 3.84. The Labute approximate surface area is 155 Å². The highest BCUT2D eigenvalue weighted by Crippen LogP contribution is 2.29. The highest BCUT2D eigenvalue weighted by Gasteiger charge is 2.38. The predicted octanol–water partition coefficient (Wildman–Crippen LogP) is 0.586. The second-order valence-electron chi connectivity index (χ2n) is 7.54. The van der Waals surface area contributed by atoms with Crippen LogP contribution in [-0.4, -0.2) is 62.0 Å². The molecule has 2 fully saturated rings. The summed E-state index contributed by atoms with van der Waals surface area (Å²) in [5, 5.41) is 8.39. The van der Waals surface area contributed by atoms with Crippen molar-refractivity contribution in [1.29, 1.82) is 0 Å².